The molecule has 2 aliphatic rings. The molecule has 4 heteroatoms. The summed E-state index contributed by atoms with van der Waals surface area (Å²) < 4.78 is 0. The van der Waals surface area contributed by atoms with Gasteiger partial charge in [-0.15, -0.1) is 0 Å². The van der Waals surface area contributed by atoms with Gasteiger partial charge in [-0.3, -0.25) is 4.79 Å². The van der Waals surface area contributed by atoms with Crippen molar-refractivity contribution in [2.75, 3.05) is 13.1 Å². The molecule has 0 unspecified atom stereocenters. The molecule has 110 valence electrons. The lowest BCUT2D eigenvalue weighted by molar-refractivity contribution is 0.199. The van der Waals surface area contributed by atoms with Crippen LogP contribution < -0.4 is 5.73 Å². The molecule has 2 rings (SSSR count). The van der Waals surface area contributed by atoms with Gasteiger partial charge in [-0.25, -0.2) is 0 Å². The number of hydrogen-bond donors (Lipinski definition) is 1. The fraction of sp³-hybridized carbons (Fsp3) is 0.562. The molecule has 0 aromatic heterocycles. The summed E-state index contributed by atoms with van der Waals surface area (Å²) in [7, 11) is 0. The summed E-state index contributed by atoms with van der Waals surface area (Å²) >= 11 is 1.36. The number of carbonyl (C=O) groups is 1. The molecule has 0 bridgehead atoms. The Hall–Kier alpha value is -1.16. The van der Waals surface area contributed by atoms with Gasteiger partial charge >= 0.3 is 0 Å². The zero-order valence-electron chi connectivity index (χ0n) is 12.4. The Bertz CT molecular complexity index is 453. The molecule has 1 fully saturated rings. The molecule has 0 atom stereocenters. The van der Waals surface area contributed by atoms with Crippen LogP contribution in [0.25, 0.3) is 0 Å². The van der Waals surface area contributed by atoms with E-state index in [1.54, 1.807) is 0 Å². The van der Waals surface area contributed by atoms with Crippen molar-refractivity contribution < 1.29 is 4.79 Å². The highest BCUT2D eigenvalue weighted by Gasteiger charge is 2.25. The molecule has 1 aliphatic carbocycles. The van der Waals surface area contributed by atoms with Gasteiger partial charge in [0, 0.05) is 29.6 Å². The first-order chi connectivity index (χ1) is 9.58. The second kappa shape index (κ2) is 7.02. The van der Waals surface area contributed by atoms with E-state index in [-0.39, 0.29) is 5.24 Å². The van der Waals surface area contributed by atoms with Crippen LogP contribution in [0, 0.1) is 5.92 Å². The van der Waals surface area contributed by atoms with Crippen LogP contribution in [0.3, 0.4) is 0 Å². The SMILES string of the molecule is CC(C)=C(N)C1CCN(C(=O)SC2=CCCC=C2)CC1. The molecule has 2 N–H and O–H groups in total. The number of piperidine rings is 1. The Kier molecular flexibility index (Phi) is 5.35. The van der Waals surface area contributed by atoms with Crippen molar-refractivity contribution in [1.29, 1.82) is 0 Å². The summed E-state index contributed by atoms with van der Waals surface area (Å²) in [6.45, 7) is 5.76. The lowest BCUT2D eigenvalue weighted by Gasteiger charge is -2.32. The summed E-state index contributed by atoms with van der Waals surface area (Å²) in [6, 6.07) is 0. The highest BCUT2D eigenvalue weighted by atomic mass is 32.2. The first-order valence-electron chi connectivity index (χ1n) is 7.34. The van der Waals surface area contributed by atoms with Crippen molar-refractivity contribution in [3.63, 3.8) is 0 Å². The monoisotopic (exact) mass is 292 g/mol. The van der Waals surface area contributed by atoms with Crippen molar-refractivity contribution in [3.05, 3.63) is 34.4 Å². The standard InChI is InChI=1S/C16H24N2OS/c1-12(2)15(17)13-8-10-18(11-9-13)16(19)20-14-6-4-3-5-7-14/h4,6-7,13H,3,5,8-11,17H2,1-2H3. The number of carbonyl (C=O) groups excluding carboxylic acids is 1. The maximum absolute atomic E-state index is 12.2. The van der Waals surface area contributed by atoms with Crippen LogP contribution >= 0.6 is 11.8 Å². The predicted octanol–water partition coefficient (Wildman–Crippen LogP) is 4.04. The normalized spacial score (nSPS) is 19.7. The van der Waals surface area contributed by atoms with E-state index in [9.17, 15) is 4.79 Å². The lowest BCUT2D eigenvalue weighted by Crippen LogP contribution is -2.37. The van der Waals surface area contributed by atoms with E-state index < -0.39 is 0 Å². The largest absolute Gasteiger partial charge is 0.402 e. The van der Waals surface area contributed by atoms with Crippen molar-refractivity contribution >= 4 is 17.0 Å². The molecule has 0 saturated carbocycles. The Morgan fingerprint density at radius 3 is 2.55 bits per heavy atom. The Morgan fingerprint density at radius 2 is 2.00 bits per heavy atom. The molecule has 20 heavy (non-hydrogen) atoms. The average Bonchev–Trinajstić information content (AvgIpc) is 2.47. The van der Waals surface area contributed by atoms with Crippen molar-refractivity contribution in [3.8, 4) is 0 Å². The quantitative estimate of drug-likeness (QED) is 0.835. The van der Waals surface area contributed by atoms with Crippen molar-refractivity contribution in [2.45, 2.75) is 39.5 Å². The van der Waals surface area contributed by atoms with Gasteiger partial charge in [0.05, 0.1) is 0 Å². The number of allylic oxidation sites excluding steroid dienone is 5. The summed E-state index contributed by atoms with van der Waals surface area (Å²) in [5, 5.41) is 0.178. The third kappa shape index (κ3) is 3.92. The number of rotatable bonds is 2. The zero-order chi connectivity index (χ0) is 14.5. The van der Waals surface area contributed by atoms with E-state index in [0.717, 1.165) is 49.4 Å². The van der Waals surface area contributed by atoms with Crippen molar-refractivity contribution in [2.24, 2.45) is 11.7 Å². The van der Waals surface area contributed by atoms with Crippen LogP contribution in [-0.2, 0) is 0 Å². The first kappa shape index (κ1) is 15.2. The van der Waals surface area contributed by atoms with Gasteiger partial charge in [-0.2, -0.15) is 0 Å². The number of thioether (sulfide) groups is 1. The topological polar surface area (TPSA) is 46.3 Å². The van der Waals surface area contributed by atoms with Crippen LogP contribution in [0.5, 0.6) is 0 Å². The molecule has 1 heterocycles. The summed E-state index contributed by atoms with van der Waals surface area (Å²) in [5.74, 6) is 0.447. The summed E-state index contributed by atoms with van der Waals surface area (Å²) in [4.78, 5) is 15.3. The Morgan fingerprint density at radius 1 is 1.30 bits per heavy atom. The number of nitrogens with two attached hydrogens (primary N) is 1. The maximum Gasteiger partial charge on any atom is 0.286 e. The molecule has 0 spiro atoms. The highest BCUT2D eigenvalue weighted by Crippen LogP contribution is 2.29. The van der Waals surface area contributed by atoms with E-state index in [1.165, 1.54) is 17.3 Å². The fourth-order valence-corrected chi connectivity index (χ4v) is 3.49. The molecule has 1 saturated heterocycles. The smallest absolute Gasteiger partial charge is 0.286 e. The van der Waals surface area contributed by atoms with Gasteiger partial charge < -0.3 is 10.6 Å². The molecule has 0 radical (unpaired) electrons. The number of nitrogens with zero attached hydrogens (tertiary/aromatic N) is 1. The van der Waals surface area contributed by atoms with Gasteiger partial charge in [0.2, 0.25) is 0 Å². The molecule has 0 aromatic rings. The van der Waals surface area contributed by atoms with Gasteiger partial charge in [-0.05, 0) is 51.3 Å². The van der Waals surface area contributed by atoms with Crippen LogP contribution in [0.4, 0.5) is 4.79 Å². The Labute approximate surface area is 126 Å². The van der Waals surface area contributed by atoms with Crippen LogP contribution in [-0.4, -0.2) is 23.2 Å². The first-order valence-corrected chi connectivity index (χ1v) is 8.16. The summed E-state index contributed by atoms with van der Waals surface area (Å²) in [6.07, 6.45) is 10.4. The molecule has 1 aliphatic heterocycles. The van der Waals surface area contributed by atoms with E-state index in [2.05, 4.69) is 32.1 Å². The predicted molar refractivity (Wildman–Crippen MR) is 86.3 cm³/mol. The minimum Gasteiger partial charge on any atom is -0.402 e. The van der Waals surface area contributed by atoms with Gasteiger partial charge in [0.25, 0.3) is 5.24 Å². The van der Waals surface area contributed by atoms with E-state index >= 15 is 0 Å². The van der Waals surface area contributed by atoms with E-state index in [4.69, 9.17) is 5.73 Å². The minimum atomic E-state index is 0.178. The number of hydrogen-bond acceptors (Lipinski definition) is 3. The molecule has 3 nitrogen and oxygen atoms in total. The minimum absolute atomic E-state index is 0.178. The molecule has 1 amide bonds. The Balaban J connectivity index is 1.84. The van der Waals surface area contributed by atoms with Crippen LogP contribution in [0.15, 0.2) is 34.4 Å². The highest BCUT2D eigenvalue weighted by molar-refractivity contribution is 8.17. The van der Waals surface area contributed by atoms with Crippen molar-refractivity contribution in [1.82, 2.24) is 4.90 Å². The fourth-order valence-electron chi connectivity index (χ4n) is 2.61. The third-order valence-electron chi connectivity index (χ3n) is 3.94. The average molecular weight is 292 g/mol. The van der Waals surface area contributed by atoms with Gasteiger partial charge in [-0.1, -0.05) is 23.8 Å². The number of amides is 1. The van der Waals surface area contributed by atoms with Gasteiger partial charge in [0.15, 0.2) is 0 Å². The van der Waals surface area contributed by atoms with Crippen LogP contribution in [0.1, 0.15) is 39.5 Å². The van der Waals surface area contributed by atoms with Crippen LogP contribution in [0.2, 0.25) is 0 Å². The number of likely N-dealkylation sites (tertiary alicyclic amines) is 1. The summed E-state index contributed by atoms with van der Waals surface area (Å²) in [5.41, 5.74) is 8.34. The second-order valence-corrected chi connectivity index (χ2v) is 6.70. The third-order valence-corrected chi connectivity index (χ3v) is 4.91. The second-order valence-electron chi connectivity index (χ2n) is 5.67. The molecular weight excluding hydrogens is 268 g/mol. The molecule has 0 aromatic carbocycles. The van der Waals surface area contributed by atoms with E-state index in [1.807, 2.05) is 4.90 Å². The maximum atomic E-state index is 12.2. The van der Waals surface area contributed by atoms with E-state index in [0.29, 0.717) is 5.92 Å². The van der Waals surface area contributed by atoms with Gasteiger partial charge in [0.1, 0.15) is 0 Å². The molecular formula is C16H24N2OS. The lowest BCUT2D eigenvalue weighted by atomic mass is 9.92. The zero-order valence-corrected chi connectivity index (χ0v) is 13.2.